The molecule has 6 nitrogen and oxygen atoms in total. The molecule has 0 bridgehead atoms. The van der Waals surface area contributed by atoms with Gasteiger partial charge in [0.25, 0.3) is 0 Å². The third kappa shape index (κ3) is 5.48. The molecule has 2 aromatic carbocycles. The maximum Gasteiger partial charge on any atom is 0.203 e. The minimum atomic E-state index is 0.462. The van der Waals surface area contributed by atoms with Crippen molar-refractivity contribution in [3.8, 4) is 28.5 Å². The number of hydrazone groups is 1. The molecule has 0 saturated carbocycles. The van der Waals surface area contributed by atoms with Crippen molar-refractivity contribution >= 4 is 22.7 Å². The van der Waals surface area contributed by atoms with Crippen molar-refractivity contribution in [1.29, 1.82) is 0 Å². The summed E-state index contributed by atoms with van der Waals surface area (Å²) >= 11 is 1.48. The van der Waals surface area contributed by atoms with Crippen molar-refractivity contribution in [2.45, 2.75) is 13.8 Å². The van der Waals surface area contributed by atoms with Crippen molar-refractivity contribution in [3.05, 3.63) is 53.4 Å². The first-order chi connectivity index (χ1) is 14.1. The van der Waals surface area contributed by atoms with Crippen LogP contribution in [-0.4, -0.2) is 32.0 Å². The molecule has 0 atom stereocenters. The SMILES string of the molecule is COc1ccc(-c2csc(N/N=C\c3ccccc3OCC(C)C)n2)cc1OC. The lowest BCUT2D eigenvalue weighted by molar-refractivity contribution is 0.271. The summed E-state index contributed by atoms with van der Waals surface area (Å²) in [5.74, 6) is 2.64. The van der Waals surface area contributed by atoms with E-state index in [2.05, 4.69) is 29.4 Å². The maximum atomic E-state index is 5.85. The number of nitrogens with one attached hydrogen (secondary N) is 1. The Morgan fingerprint density at radius 2 is 1.86 bits per heavy atom. The number of nitrogens with zero attached hydrogens (tertiary/aromatic N) is 2. The molecule has 3 rings (SSSR count). The predicted molar refractivity (Wildman–Crippen MR) is 119 cm³/mol. The number of hydrogen-bond acceptors (Lipinski definition) is 7. The first-order valence-electron chi connectivity index (χ1n) is 9.29. The highest BCUT2D eigenvalue weighted by atomic mass is 32.1. The van der Waals surface area contributed by atoms with Crippen LogP contribution in [0.5, 0.6) is 17.2 Å². The van der Waals surface area contributed by atoms with E-state index in [4.69, 9.17) is 14.2 Å². The Labute approximate surface area is 175 Å². The number of methoxy groups -OCH3 is 2. The van der Waals surface area contributed by atoms with Crippen LogP contribution in [0, 0.1) is 5.92 Å². The summed E-state index contributed by atoms with van der Waals surface area (Å²) in [6.45, 7) is 4.91. The molecule has 0 unspecified atom stereocenters. The fourth-order valence-corrected chi connectivity index (χ4v) is 3.25. The van der Waals surface area contributed by atoms with E-state index in [9.17, 15) is 0 Å². The zero-order chi connectivity index (χ0) is 20.6. The average molecular weight is 412 g/mol. The Morgan fingerprint density at radius 3 is 2.62 bits per heavy atom. The Morgan fingerprint density at radius 1 is 1.07 bits per heavy atom. The predicted octanol–water partition coefficient (Wildman–Crippen LogP) is 5.31. The number of aromatic nitrogens is 1. The van der Waals surface area contributed by atoms with Gasteiger partial charge in [-0.15, -0.1) is 11.3 Å². The molecule has 0 amide bonds. The van der Waals surface area contributed by atoms with Crippen molar-refractivity contribution in [3.63, 3.8) is 0 Å². The molecule has 152 valence electrons. The van der Waals surface area contributed by atoms with Gasteiger partial charge in [0, 0.05) is 16.5 Å². The van der Waals surface area contributed by atoms with Crippen LogP contribution in [0.1, 0.15) is 19.4 Å². The van der Waals surface area contributed by atoms with Gasteiger partial charge in [-0.3, -0.25) is 5.43 Å². The van der Waals surface area contributed by atoms with E-state index in [1.165, 1.54) is 11.3 Å². The van der Waals surface area contributed by atoms with Gasteiger partial charge in [-0.25, -0.2) is 4.98 Å². The quantitative estimate of drug-likeness (QED) is 0.382. The number of anilines is 1. The lowest BCUT2D eigenvalue weighted by Crippen LogP contribution is -2.06. The van der Waals surface area contributed by atoms with Crippen LogP contribution in [0.4, 0.5) is 5.13 Å². The van der Waals surface area contributed by atoms with Gasteiger partial charge in [0.05, 0.1) is 32.7 Å². The summed E-state index contributed by atoms with van der Waals surface area (Å²) in [5, 5.41) is 6.99. The fraction of sp³-hybridized carbons (Fsp3) is 0.273. The highest BCUT2D eigenvalue weighted by molar-refractivity contribution is 7.14. The largest absolute Gasteiger partial charge is 0.493 e. The van der Waals surface area contributed by atoms with Crippen LogP contribution in [0.25, 0.3) is 11.3 Å². The molecular weight excluding hydrogens is 386 g/mol. The molecular formula is C22H25N3O3S. The molecule has 0 spiro atoms. The lowest BCUT2D eigenvalue weighted by atomic mass is 10.1. The molecule has 3 aromatic rings. The van der Waals surface area contributed by atoms with Crippen LogP contribution in [0.3, 0.4) is 0 Å². The lowest BCUT2D eigenvalue weighted by Gasteiger charge is -2.10. The van der Waals surface area contributed by atoms with E-state index in [0.717, 1.165) is 22.6 Å². The topological polar surface area (TPSA) is 65.0 Å². The van der Waals surface area contributed by atoms with Crippen LogP contribution >= 0.6 is 11.3 Å². The second-order valence-corrected chi connectivity index (χ2v) is 7.58. The van der Waals surface area contributed by atoms with Crippen molar-refractivity contribution in [2.24, 2.45) is 11.0 Å². The zero-order valence-electron chi connectivity index (χ0n) is 17.0. The number of hydrogen-bond donors (Lipinski definition) is 1. The van der Waals surface area contributed by atoms with Crippen molar-refractivity contribution in [2.75, 3.05) is 26.3 Å². The Bertz CT molecular complexity index is 969. The van der Waals surface area contributed by atoms with Crippen LogP contribution < -0.4 is 19.6 Å². The van der Waals surface area contributed by atoms with E-state index in [1.54, 1.807) is 20.4 Å². The van der Waals surface area contributed by atoms with Gasteiger partial charge in [0.15, 0.2) is 11.5 Å². The molecule has 29 heavy (non-hydrogen) atoms. The van der Waals surface area contributed by atoms with Gasteiger partial charge in [-0.1, -0.05) is 26.0 Å². The van der Waals surface area contributed by atoms with Crippen molar-refractivity contribution in [1.82, 2.24) is 4.98 Å². The number of rotatable bonds is 9. The molecule has 0 radical (unpaired) electrons. The van der Waals surface area contributed by atoms with Gasteiger partial charge < -0.3 is 14.2 Å². The van der Waals surface area contributed by atoms with Crippen LogP contribution in [-0.2, 0) is 0 Å². The third-order valence-electron chi connectivity index (χ3n) is 4.04. The van der Waals surface area contributed by atoms with Gasteiger partial charge in [0.1, 0.15) is 5.75 Å². The Balaban J connectivity index is 1.69. The minimum Gasteiger partial charge on any atom is -0.493 e. The normalized spacial score (nSPS) is 11.1. The smallest absolute Gasteiger partial charge is 0.203 e. The molecule has 0 aliphatic carbocycles. The first-order valence-corrected chi connectivity index (χ1v) is 10.2. The summed E-state index contributed by atoms with van der Waals surface area (Å²) in [7, 11) is 3.24. The molecule has 1 aromatic heterocycles. The van der Waals surface area contributed by atoms with Gasteiger partial charge in [-0.2, -0.15) is 5.10 Å². The standard InChI is InChI=1S/C22H25N3O3S/c1-15(2)13-28-19-8-6-5-7-17(19)12-23-25-22-24-18(14-29-22)16-9-10-20(26-3)21(11-16)27-4/h5-12,14-15H,13H2,1-4H3,(H,24,25)/b23-12-. The monoisotopic (exact) mass is 411 g/mol. The van der Waals surface area contributed by atoms with E-state index < -0.39 is 0 Å². The van der Waals surface area contributed by atoms with Gasteiger partial charge in [-0.05, 0) is 36.2 Å². The summed E-state index contributed by atoms with van der Waals surface area (Å²) in [4.78, 5) is 4.59. The van der Waals surface area contributed by atoms with E-state index >= 15 is 0 Å². The fourth-order valence-electron chi connectivity index (χ4n) is 2.59. The van der Waals surface area contributed by atoms with Crippen LogP contribution in [0.2, 0.25) is 0 Å². The molecule has 7 heteroatoms. The maximum absolute atomic E-state index is 5.85. The Hall–Kier alpha value is -3.06. The number of para-hydroxylation sites is 1. The summed E-state index contributed by atoms with van der Waals surface area (Å²) in [6, 6.07) is 13.6. The molecule has 0 aliphatic heterocycles. The van der Waals surface area contributed by atoms with Gasteiger partial charge >= 0.3 is 0 Å². The second-order valence-electron chi connectivity index (χ2n) is 6.72. The zero-order valence-corrected chi connectivity index (χ0v) is 17.8. The number of thiazole rings is 1. The molecule has 0 aliphatic rings. The highest BCUT2D eigenvalue weighted by Gasteiger charge is 2.09. The Kier molecular flexibility index (Phi) is 7.08. The summed E-state index contributed by atoms with van der Waals surface area (Å²) in [6.07, 6.45) is 1.74. The number of ether oxygens (including phenoxy) is 3. The molecule has 1 N–H and O–H groups in total. The third-order valence-corrected chi connectivity index (χ3v) is 4.79. The van der Waals surface area contributed by atoms with Crippen LogP contribution in [0.15, 0.2) is 52.9 Å². The van der Waals surface area contributed by atoms with E-state index in [0.29, 0.717) is 29.2 Å². The first kappa shape index (κ1) is 20.7. The van der Waals surface area contributed by atoms with E-state index in [1.807, 2.05) is 47.8 Å². The second kappa shape index (κ2) is 9.93. The minimum absolute atomic E-state index is 0.462. The van der Waals surface area contributed by atoms with E-state index in [-0.39, 0.29) is 0 Å². The van der Waals surface area contributed by atoms with Gasteiger partial charge in [0.2, 0.25) is 5.13 Å². The number of benzene rings is 2. The summed E-state index contributed by atoms with van der Waals surface area (Å²) in [5.41, 5.74) is 5.70. The molecule has 0 fully saturated rings. The molecule has 0 saturated heterocycles. The molecule has 1 heterocycles. The van der Waals surface area contributed by atoms with Crippen molar-refractivity contribution < 1.29 is 14.2 Å². The average Bonchev–Trinajstić information content (AvgIpc) is 3.21. The highest BCUT2D eigenvalue weighted by Crippen LogP contribution is 2.33. The summed E-state index contributed by atoms with van der Waals surface area (Å²) < 4.78 is 16.5.